The minimum Gasteiger partial charge on any atom is -0.322 e. The van der Waals surface area contributed by atoms with Crippen molar-refractivity contribution < 1.29 is 13.2 Å². The summed E-state index contributed by atoms with van der Waals surface area (Å²) in [6.07, 6.45) is 2.77. The fourth-order valence-electron chi connectivity index (χ4n) is 1.20. The number of azo groups is 1. The molecule has 6 heteroatoms. The molecule has 1 aromatic rings. The molecule has 1 heterocycles. The Morgan fingerprint density at radius 3 is 2.60 bits per heavy atom. The van der Waals surface area contributed by atoms with Crippen molar-refractivity contribution in [3.8, 4) is 0 Å². The molecule has 1 aliphatic rings. The van der Waals surface area contributed by atoms with Crippen molar-refractivity contribution in [3.63, 3.8) is 0 Å². The minimum atomic E-state index is -1.48. The highest BCUT2D eigenvalue weighted by atomic mass is 19.2. The van der Waals surface area contributed by atoms with Gasteiger partial charge in [0.15, 0.2) is 17.5 Å². The molecule has 0 unspecified atom stereocenters. The minimum absolute atomic E-state index is 0.0659. The van der Waals surface area contributed by atoms with Crippen LogP contribution in [0.4, 0.5) is 18.9 Å². The van der Waals surface area contributed by atoms with Gasteiger partial charge >= 0.3 is 0 Å². The van der Waals surface area contributed by atoms with Crippen LogP contribution >= 0.6 is 0 Å². The van der Waals surface area contributed by atoms with Gasteiger partial charge in [0.05, 0.1) is 11.9 Å². The van der Waals surface area contributed by atoms with Crippen molar-refractivity contribution in [2.45, 2.75) is 0 Å². The van der Waals surface area contributed by atoms with Crippen LogP contribution in [0.25, 0.3) is 0 Å². The predicted octanol–water partition coefficient (Wildman–Crippen LogP) is 2.80. The van der Waals surface area contributed by atoms with Gasteiger partial charge in [-0.2, -0.15) is 10.2 Å². The van der Waals surface area contributed by atoms with Gasteiger partial charge in [0, 0.05) is 6.20 Å². The highest BCUT2D eigenvalue weighted by Crippen LogP contribution is 2.24. The standard InChI is InChI=1S/C9H6F3N3/c10-6-1-2-7(9(12)8(6)11)15-4-3-13-14-5-15/h1-4H,5H2. The van der Waals surface area contributed by atoms with Crippen molar-refractivity contribution in [1.82, 2.24) is 0 Å². The molecule has 0 aromatic heterocycles. The molecule has 3 nitrogen and oxygen atoms in total. The zero-order chi connectivity index (χ0) is 10.8. The van der Waals surface area contributed by atoms with Gasteiger partial charge in [-0.05, 0) is 12.1 Å². The molecule has 1 aliphatic heterocycles. The van der Waals surface area contributed by atoms with Crippen LogP contribution < -0.4 is 4.90 Å². The smallest absolute Gasteiger partial charge is 0.196 e. The summed E-state index contributed by atoms with van der Waals surface area (Å²) in [5.41, 5.74) is -0.0659. The summed E-state index contributed by atoms with van der Waals surface area (Å²) in [5, 5.41) is 7.14. The van der Waals surface area contributed by atoms with Crippen LogP contribution in [-0.4, -0.2) is 6.67 Å². The number of rotatable bonds is 1. The van der Waals surface area contributed by atoms with E-state index < -0.39 is 17.5 Å². The van der Waals surface area contributed by atoms with Gasteiger partial charge in [-0.25, -0.2) is 13.2 Å². The third-order valence-electron chi connectivity index (χ3n) is 1.93. The second kappa shape index (κ2) is 3.72. The van der Waals surface area contributed by atoms with Crippen molar-refractivity contribution in [3.05, 3.63) is 42.0 Å². The van der Waals surface area contributed by atoms with E-state index in [0.717, 1.165) is 12.1 Å². The van der Waals surface area contributed by atoms with E-state index in [4.69, 9.17) is 0 Å². The summed E-state index contributed by atoms with van der Waals surface area (Å²) < 4.78 is 38.8. The Morgan fingerprint density at radius 1 is 1.13 bits per heavy atom. The van der Waals surface area contributed by atoms with E-state index in [0.29, 0.717) is 0 Å². The summed E-state index contributed by atoms with van der Waals surface area (Å²) in [4.78, 5) is 1.32. The van der Waals surface area contributed by atoms with Crippen molar-refractivity contribution in [1.29, 1.82) is 0 Å². The fourth-order valence-corrected chi connectivity index (χ4v) is 1.20. The molecule has 0 fully saturated rings. The summed E-state index contributed by atoms with van der Waals surface area (Å²) in [6, 6.07) is 2.02. The lowest BCUT2D eigenvalue weighted by atomic mass is 10.2. The van der Waals surface area contributed by atoms with Gasteiger partial charge in [0.1, 0.15) is 6.67 Å². The molecule has 0 spiro atoms. The SMILES string of the molecule is Fc1ccc(N2C=CN=NC2)c(F)c1F. The van der Waals surface area contributed by atoms with E-state index in [9.17, 15) is 13.2 Å². The van der Waals surface area contributed by atoms with Gasteiger partial charge in [0.25, 0.3) is 0 Å². The zero-order valence-corrected chi connectivity index (χ0v) is 7.49. The largest absolute Gasteiger partial charge is 0.322 e. The van der Waals surface area contributed by atoms with Gasteiger partial charge in [0.2, 0.25) is 0 Å². The van der Waals surface area contributed by atoms with Crippen LogP contribution in [0.3, 0.4) is 0 Å². The third kappa shape index (κ3) is 1.70. The summed E-state index contributed by atoms with van der Waals surface area (Å²) >= 11 is 0. The number of nitrogens with zero attached hydrogens (tertiary/aromatic N) is 3. The Morgan fingerprint density at radius 2 is 1.93 bits per heavy atom. The zero-order valence-electron chi connectivity index (χ0n) is 7.49. The lowest BCUT2D eigenvalue weighted by Crippen LogP contribution is -2.19. The monoisotopic (exact) mass is 213 g/mol. The van der Waals surface area contributed by atoms with Crippen LogP contribution in [-0.2, 0) is 0 Å². The molecule has 0 atom stereocenters. The molecule has 78 valence electrons. The maximum Gasteiger partial charge on any atom is 0.196 e. The number of halogens is 3. The first-order valence-corrected chi connectivity index (χ1v) is 4.13. The Hall–Kier alpha value is -1.85. The van der Waals surface area contributed by atoms with E-state index in [1.165, 1.54) is 17.3 Å². The Balaban J connectivity index is 2.41. The first-order chi connectivity index (χ1) is 7.20. The molecule has 0 aliphatic carbocycles. The number of anilines is 1. The molecule has 0 saturated carbocycles. The van der Waals surface area contributed by atoms with E-state index >= 15 is 0 Å². The van der Waals surface area contributed by atoms with Gasteiger partial charge in [-0.1, -0.05) is 0 Å². The summed E-state index contributed by atoms with van der Waals surface area (Å²) in [5.74, 6) is -3.92. The normalized spacial score (nSPS) is 14.7. The van der Waals surface area contributed by atoms with E-state index in [-0.39, 0.29) is 12.4 Å². The quantitative estimate of drug-likeness (QED) is 0.659. The molecular formula is C9H6F3N3. The topological polar surface area (TPSA) is 28.0 Å². The molecule has 0 amide bonds. The first-order valence-electron chi connectivity index (χ1n) is 4.13. The van der Waals surface area contributed by atoms with Crippen molar-refractivity contribution in [2.24, 2.45) is 10.2 Å². The first kappa shape index (κ1) is 9.70. The summed E-state index contributed by atoms with van der Waals surface area (Å²) in [6.45, 7) is 0.0818. The second-order valence-electron chi connectivity index (χ2n) is 2.86. The van der Waals surface area contributed by atoms with Gasteiger partial charge in [-0.15, -0.1) is 0 Å². The predicted molar refractivity (Wildman–Crippen MR) is 47.7 cm³/mol. The van der Waals surface area contributed by atoms with Gasteiger partial charge < -0.3 is 4.90 Å². The van der Waals surface area contributed by atoms with Crippen LogP contribution in [0.1, 0.15) is 0 Å². The molecule has 1 aromatic carbocycles. The molecule has 15 heavy (non-hydrogen) atoms. The molecular weight excluding hydrogens is 207 g/mol. The average Bonchev–Trinajstić information content (AvgIpc) is 2.27. The maximum absolute atomic E-state index is 13.3. The van der Waals surface area contributed by atoms with Crippen LogP contribution in [0.5, 0.6) is 0 Å². The highest BCUT2D eigenvalue weighted by Gasteiger charge is 2.17. The van der Waals surface area contributed by atoms with Crippen LogP contribution in [0.2, 0.25) is 0 Å². The number of benzene rings is 1. The fraction of sp³-hybridized carbons (Fsp3) is 0.111. The van der Waals surface area contributed by atoms with E-state index in [1.54, 1.807) is 0 Å². The number of hydrogen-bond acceptors (Lipinski definition) is 3. The van der Waals surface area contributed by atoms with Crippen LogP contribution in [0, 0.1) is 17.5 Å². The molecule has 0 bridgehead atoms. The molecule has 0 radical (unpaired) electrons. The lowest BCUT2D eigenvalue weighted by molar-refractivity contribution is 0.447. The Kier molecular flexibility index (Phi) is 2.40. The van der Waals surface area contributed by atoms with Crippen LogP contribution in [0.15, 0.2) is 34.8 Å². The average molecular weight is 213 g/mol. The lowest BCUT2D eigenvalue weighted by Gasteiger charge is -2.19. The Bertz CT molecular complexity index is 442. The maximum atomic E-state index is 13.3. The van der Waals surface area contributed by atoms with E-state index in [2.05, 4.69) is 10.2 Å². The Labute approximate surface area is 83.5 Å². The number of hydrogen-bond donors (Lipinski definition) is 0. The van der Waals surface area contributed by atoms with Crippen molar-refractivity contribution >= 4 is 5.69 Å². The second-order valence-corrected chi connectivity index (χ2v) is 2.86. The van der Waals surface area contributed by atoms with Gasteiger partial charge in [-0.3, -0.25) is 0 Å². The van der Waals surface area contributed by atoms with E-state index in [1.807, 2.05) is 0 Å². The van der Waals surface area contributed by atoms with Crippen molar-refractivity contribution in [2.75, 3.05) is 11.6 Å². The third-order valence-corrected chi connectivity index (χ3v) is 1.93. The molecule has 2 rings (SSSR count). The molecule has 0 N–H and O–H groups in total. The molecule has 0 saturated heterocycles. The summed E-state index contributed by atoms with van der Waals surface area (Å²) in [7, 11) is 0. The highest BCUT2D eigenvalue weighted by molar-refractivity contribution is 5.51.